The Labute approximate surface area is 94.7 Å². The van der Waals surface area contributed by atoms with Crippen LogP contribution in [0.15, 0.2) is 24.7 Å². The number of nitrogens with zero attached hydrogens (tertiary/aromatic N) is 3. The SMILES string of the molecule is CCC(CCN)Nc1nccn2nccc12. The summed E-state index contributed by atoms with van der Waals surface area (Å²) in [6, 6.07) is 2.32. The molecule has 5 nitrogen and oxygen atoms in total. The van der Waals surface area contributed by atoms with E-state index in [4.69, 9.17) is 5.73 Å². The summed E-state index contributed by atoms with van der Waals surface area (Å²) < 4.78 is 1.81. The number of rotatable bonds is 5. The fourth-order valence-electron chi connectivity index (χ4n) is 1.74. The van der Waals surface area contributed by atoms with Crippen LogP contribution >= 0.6 is 0 Å². The monoisotopic (exact) mass is 219 g/mol. The van der Waals surface area contributed by atoms with E-state index in [2.05, 4.69) is 22.3 Å². The fraction of sp³-hybridized carbons (Fsp3) is 0.455. The molecule has 86 valence electrons. The molecular weight excluding hydrogens is 202 g/mol. The van der Waals surface area contributed by atoms with Crippen molar-refractivity contribution in [3.05, 3.63) is 24.7 Å². The summed E-state index contributed by atoms with van der Waals surface area (Å²) in [5.74, 6) is 0.875. The van der Waals surface area contributed by atoms with Crippen molar-refractivity contribution in [1.29, 1.82) is 0 Å². The summed E-state index contributed by atoms with van der Waals surface area (Å²) in [5, 5.41) is 7.58. The van der Waals surface area contributed by atoms with E-state index in [1.165, 1.54) is 0 Å². The van der Waals surface area contributed by atoms with Crippen molar-refractivity contribution >= 4 is 11.3 Å². The molecule has 0 amide bonds. The molecule has 2 rings (SSSR count). The third-order valence-electron chi connectivity index (χ3n) is 2.67. The minimum absolute atomic E-state index is 0.374. The van der Waals surface area contributed by atoms with E-state index in [9.17, 15) is 0 Å². The van der Waals surface area contributed by atoms with Gasteiger partial charge in [-0.1, -0.05) is 6.92 Å². The zero-order chi connectivity index (χ0) is 11.4. The molecule has 16 heavy (non-hydrogen) atoms. The minimum Gasteiger partial charge on any atom is -0.366 e. The molecule has 2 heterocycles. The summed E-state index contributed by atoms with van der Waals surface area (Å²) in [4.78, 5) is 4.34. The summed E-state index contributed by atoms with van der Waals surface area (Å²) in [6.45, 7) is 2.83. The van der Waals surface area contributed by atoms with Crippen molar-refractivity contribution in [2.45, 2.75) is 25.8 Å². The first-order chi connectivity index (χ1) is 7.85. The van der Waals surface area contributed by atoms with E-state index in [1.54, 1.807) is 12.4 Å². The number of hydrogen-bond acceptors (Lipinski definition) is 4. The van der Waals surface area contributed by atoms with Crippen LogP contribution in [0.1, 0.15) is 19.8 Å². The predicted octanol–water partition coefficient (Wildman–Crippen LogP) is 1.27. The van der Waals surface area contributed by atoms with Crippen molar-refractivity contribution in [3.63, 3.8) is 0 Å². The van der Waals surface area contributed by atoms with Gasteiger partial charge in [-0.25, -0.2) is 9.50 Å². The van der Waals surface area contributed by atoms with Gasteiger partial charge in [0.05, 0.1) is 6.20 Å². The average Bonchev–Trinajstić information content (AvgIpc) is 2.77. The lowest BCUT2D eigenvalue weighted by molar-refractivity contribution is 0.639. The van der Waals surface area contributed by atoms with Gasteiger partial charge in [0.1, 0.15) is 5.52 Å². The molecule has 0 saturated carbocycles. The molecule has 0 aliphatic heterocycles. The lowest BCUT2D eigenvalue weighted by Crippen LogP contribution is -2.23. The maximum absolute atomic E-state index is 5.57. The maximum atomic E-state index is 5.57. The van der Waals surface area contributed by atoms with Gasteiger partial charge in [0.2, 0.25) is 0 Å². The van der Waals surface area contributed by atoms with Gasteiger partial charge in [-0.3, -0.25) is 0 Å². The minimum atomic E-state index is 0.374. The van der Waals surface area contributed by atoms with Crippen LogP contribution in [0.5, 0.6) is 0 Å². The molecule has 1 atom stereocenters. The van der Waals surface area contributed by atoms with Crippen LogP contribution in [0.4, 0.5) is 5.82 Å². The van der Waals surface area contributed by atoms with Crippen LogP contribution in [0.2, 0.25) is 0 Å². The Balaban J connectivity index is 2.22. The molecular formula is C11H17N5. The standard InChI is InChI=1S/C11H17N5/c1-2-9(3-5-12)15-11-10-4-6-14-16(10)8-7-13-11/h4,6-9H,2-3,5,12H2,1H3,(H,13,15). The summed E-state index contributed by atoms with van der Waals surface area (Å²) >= 11 is 0. The maximum Gasteiger partial charge on any atom is 0.152 e. The molecule has 0 spiro atoms. The molecule has 0 aromatic carbocycles. The number of hydrogen-bond donors (Lipinski definition) is 2. The highest BCUT2D eigenvalue weighted by Gasteiger charge is 2.08. The number of fused-ring (bicyclic) bond motifs is 1. The first-order valence-electron chi connectivity index (χ1n) is 5.60. The lowest BCUT2D eigenvalue weighted by Gasteiger charge is -2.16. The molecule has 5 heteroatoms. The molecule has 0 bridgehead atoms. The van der Waals surface area contributed by atoms with Gasteiger partial charge in [0, 0.05) is 18.4 Å². The van der Waals surface area contributed by atoms with E-state index in [0.29, 0.717) is 12.6 Å². The predicted molar refractivity (Wildman–Crippen MR) is 64.4 cm³/mol. The zero-order valence-corrected chi connectivity index (χ0v) is 9.43. The second-order valence-electron chi connectivity index (χ2n) is 3.76. The normalized spacial score (nSPS) is 12.9. The summed E-state index contributed by atoms with van der Waals surface area (Å²) in [6.07, 6.45) is 7.34. The van der Waals surface area contributed by atoms with E-state index >= 15 is 0 Å². The lowest BCUT2D eigenvalue weighted by atomic mass is 10.1. The molecule has 2 aromatic rings. The molecule has 2 aromatic heterocycles. The Hall–Kier alpha value is -1.62. The number of anilines is 1. The van der Waals surface area contributed by atoms with Crippen LogP contribution in [0.3, 0.4) is 0 Å². The average molecular weight is 219 g/mol. The Kier molecular flexibility index (Phi) is 3.36. The van der Waals surface area contributed by atoms with Crippen molar-refractivity contribution in [3.8, 4) is 0 Å². The molecule has 0 saturated heterocycles. The summed E-state index contributed by atoms with van der Waals surface area (Å²) in [7, 11) is 0. The molecule has 0 aliphatic rings. The molecule has 1 unspecified atom stereocenters. The van der Waals surface area contributed by atoms with E-state index in [0.717, 1.165) is 24.2 Å². The largest absolute Gasteiger partial charge is 0.366 e. The van der Waals surface area contributed by atoms with Crippen molar-refractivity contribution in [1.82, 2.24) is 14.6 Å². The highest BCUT2D eigenvalue weighted by molar-refractivity contribution is 5.66. The number of aromatic nitrogens is 3. The van der Waals surface area contributed by atoms with Crippen LogP contribution in [-0.4, -0.2) is 27.2 Å². The van der Waals surface area contributed by atoms with Gasteiger partial charge in [-0.05, 0) is 25.5 Å². The van der Waals surface area contributed by atoms with E-state index < -0.39 is 0 Å². The fourth-order valence-corrected chi connectivity index (χ4v) is 1.74. The molecule has 0 radical (unpaired) electrons. The first kappa shape index (κ1) is 10.9. The topological polar surface area (TPSA) is 68.2 Å². The van der Waals surface area contributed by atoms with Gasteiger partial charge in [0.25, 0.3) is 0 Å². The Bertz CT molecular complexity index is 450. The number of nitrogens with one attached hydrogen (secondary N) is 1. The smallest absolute Gasteiger partial charge is 0.152 e. The van der Waals surface area contributed by atoms with Gasteiger partial charge in [-0.15, -0.1) is 0 Å². The third kappa shape index (κ3) is 2.14. The van der Waals surface area contributed by atoms with Gasteiger partial charge in [-0.2, -0.15) is 5.10 Å². The third-order valence-corrected chi connectivity index (χ3v) is 2.67. The van der Waals surface area contributed by atoms with Gasteiger partial charge >= 0.3 is 0 Å². The Morgan fingerprint density at radius 3 is 3.12 bits per heavy atom. The van der Waals surface area contributed by atoms with Gasteiger partial charge in [0.15, 0.2) is 5.82 Å². The highest BCUT2D eigenvalue weighted by atomic mass is 15.2. The second-order valence-corrected chi connectivity index (χ2v) is 3.76. The van der Waals surface area contributed by atoms with Crippen molar-refractivity contribution in [2.24, 2.45) is 5.73 Å². The van der Waals surface area contributed by atoms with Crippen LogP contribution in [0, 0.1) is 0 Å². The van der Waals surface area contributed by atoms with Crippen LogP contribution in [-0.2, 0) is 0 Å². The van der Waals surface area contributed by atoms with Gasteiger partial charge < -0.3 is 11.1 Å². The van der Waals surface area contributed by atoms with Crippen LogP contribution in [0.25, 0.3) is 5.52 Å². The highest BCUT2D eigenvalue weighted by Crippen LogP contribution is 2.15. The van der Waals surface area contributed by atoms with E-state index in [1.807, 2.05) is 16.8 Å². The summed E-state index contributed by atoms with van der Waals surface area (Å²) in [5.41, 5.74) is 6.57. The molecule has 3 N–H and O–H groups in total. The molecule has 0 fully saturated rings. The zero-order valence-electron chi connectivity index (χ0n) is 9.43. The first-order valence-corrected chi connectivity index (χ1v) is 5.60. The Morgan fingerprint density at radius 1 is 1.50 bits per heavy atom. The van der Waals surface area contributed by atoms with E-state index in [-0.39, 0.29) is 0 Å². The Morgan fingerprint density at radius 2 is 2.38 bits per heavy atom. The molecule has 0 aliphatic carbocycles. The van der Waals surface area contributed by atoms with Crippen molar-refractivity contribution in [2.75, 3.05) is 11.9 Å². The number of nitrogens with two attached hydrogens (primary N) is 1. The second kappa shape index (κ2) is 4.94. The quantitative estimate of drug-likeness (QED) is 0.794. The van der Waals surface area contributed by atoms with Crippen molar-refractivity contribution < 1.29 is 0 Å². The van der Waals surface area contributed by atoms with Crippen LogP contribution < -0.4 is 11.1 Å².